The topological polar surface area (TPSA) is 66.5 Å². The van der Waals surface area contributed by atoms with Crippen LogP contribution < -0.4 is 20.3 Å². The summed E-state index contributed by atoms with van der Waals surface area (Å²) >= 11 is 0. The largest absolute Gasteiger partial charge is 0.493 e. The van der Waals surface area contributed by atoms with Gasteiger partial charge in [0.15, 0.2) is 0 Å². The SMILES string of the molecule is Cc1ccc(O[C@@H]([Si])[C@@H]2CCN2)cc1C(=O)NC1(c2cc(N3CCC3)cc3ncccc23)CC1. The number of ether oxygens (including phenoxy) is 1. The number of nitrogens with zero attached hydrogens (tertiary/aromatic N) is 2. The van der Waals surface area contributed by atoms with Gasteiger partial charge in [0.1, 0.15) is 5.75 Å². The van der Waals surface area contributed by atoms with Crippen LogP contribution in [0.1, 0.15) is 47.2 Å². The number of aromatic nitrogens is 1. The van der Waals surface area contributed by atoms with Gasteiger partial charge in [0, 0.05) is 42.0 Å². The molecule has 2 saturated heterocycles. The number of fused-ring (bicyclic) bond motifs is 1. The van der Waals surface area contributed by atoms with Gasteiger partial charge in [0.2, 0.25) is 0 Å². The number of amides is 1. The minimum atomic E-state index is -0.351. The van der Waals surface area contributed by atoms with Crippen LogP contribution in [0.2, 0.25) is 0 Å². The lowest BCUT2D eigenvalue weighted by molar-refractivity contribution is 0.0929. The lowest BCUT2D eigenvalue weighted by Gasteiger charge is -2.34. The molecule has 2 N–H and O–H groups in total. The van der Waals surface area contributed by atoms with Crippen molar-refractivity contribution in [3.63, 3.8) is 0 Å². The fourth-order valence-corrected chi connectivity index (χ4v) is 5.33. The van der Waals surface area contributed by atoms with E-state index in [1.54, 1.807) is 0 Å². The molecule has 0 unspecified atom stereocenters. The number of carbonyl (C=O) groups is 1. The zero-order valence-corrected chi connectivity index (χ0v) is 20.4. The van der Waals surface area contributed by atoms with Crippen LogP contribution in [-0.4, -0.2) is 52.5 Å². The highest BCUT2D eigenvalue weighted by atomic mass is 28.1. The van der Waals surface area contributed by atoms with Crippen LogP contribution in [0.5, 0.6) is 5.75 Å². The summed E-state index contributed by atoms with van der Waals surface area (Å²) in [5.74, 6) is 0.642. The number of nitrogens with one attached hydrogen (secondary N) is 2. The molecule has 2 atom stereocenters. The minimum Gasteiger partial charge on any atom is -0.493 e. The van der Waals surface area contributed by atoms with Crippen molar-refractivity contribution in [2.45, 2.75) is 49.9 Å². The van der Waals surface area contributed by atoms with Gasteiger partial charge >= 0.3 is 0 Å². The number of rotatable bonds is 7. The van der Waals surface area contributed by atoms with Gasteiger partial charge < -0.3 is 20.3 Å². The van der Waals surface area contributed by atoms with Crippen molar-refractivity contribution in [2.24, 2.45) is 0 Å². The van der Waals surface area contributed by atoms with Gasteiger partial charge in [-0.25, -0.2) is 0 Å². The van der Waals surface area contributed by atoms with E-state index in [1.807, 2.05) is 37.4 Å². The molecule has 2 aliphatic heterocycles. The summed E-state index contributed by atoms with van der Waals surface area (Å²) in [6, 6.07) is 14.6. The first-order valence-corrected chi connectivity index (χ1v) is 12.8. The fraction of sp³-hybridized carbons (Fsp3) is 0.407. The number of carbonyl (C=O) groups excluding carboxylic acids is 1. The molecule has 2 aromatic carbocycles. The summed E-state index contributed by atoms with van der Waals surface area (Å²) in [5.41, 5.74) is 4.49. The first kappa shape index (κ1) is 21.6. The zero-order valence-electron chi connectivity index (χ0n) is 19.4. The molecule has 1 aliphatic carbocycles. The fourth-order valence-electron chi connectivity index (χ4n) is 4.91. The summed E-state index contributed by atoms with van der Waals surface area (Å²) in [5, 5.41) is 7.86. The van der Waals surface area contributed by atoms with Crippen molar-refractivity contribution in [1.82, 2.24) is 15.6 Å². The molecule has 3 heterocycles. The van der Waals surface area contributed by atoms with Crippen LogP contribution in [0.25, 0.3) is 10.9 Å². The zero-order chi connectivity index (χ0) is 23.3. The third-order valence-corrected chi connectivity index (χ3v) is 8.01. The number of anilines is 1. The van der Waals surface area contributed by atoms with E-state index in [0.717, 1.165) is 55.4 Å². The number of pyridine rings is 1. The average Bonchev–Trinajstić information content (AvgIpc) is 3.52. The Morgan fingerprint density at radius 1 is 1.26 bits per heavy atom. The van der Waals surface area contributed by atoms with Crippen LogP contribution in [-0.2, 0) is 5.54 Å². The van der Waals surface area contributed by atoms with E-state index in [2.05, 4.69) is 49.0 Å². The second kappa shape index (κ2) is 8.39. The van der Waals surface area contributed by atoms with E-state index in [-0.39, 0.29) is 17.2 Å². The predicted octanol–water partition coefficient (Wildman–Crippen LogP) is 3.41. The van der Waals surface area contributed by atoms with Gasteiger partial charge in [-0.1, -0.05) is 12.1 Å². The molecule has 173 valence electrons. The summed E-state index contributed by atoms with van der Waals surface area (Å²) in [6.07, 6.45) is 6.00. The van der Waals surface area contributed by atoms with Crippen molar-refractivity contribution in [2.75, 3.05) is 24.5 Å². The maximum atomic E-state index is 13.5. The van der Waals surface area contributed by atoms with E-state index in [9.17, 15) is 4.79 Å². The van der Waals surface area contributed by atoms with Crippen molar-refractivity contribution >= 4 is 32.7 Å². The standard InChI is InChI=1S/C27H29N4O2Si/c1-17-5-6-19(33-26(34)23-7-11-29-23)16-21(17)25(32)30-27(8-9-27)22-14-18(31-12-3-13-31)15-24-20(22)4-2-10-28-24/h2,4-6,10,14-16,23,26,29H,3,7-9,11-13H2,1H3,(H,30,32)/t23-,26-/m0/s1. The first-order valence-electron chi connectivity index (χ1n) is 12.2. The lowest BCUT2D eigenvalue weighted by atomic mass is 9.96. The van der Waals surface area contributed by atoms with Crippen molar-refractivity contribution in [3.8, 4) is 5.75 Å². The molecular formula is C27H29N4O2Si. The summed E-state index contributed by atoms with van der Waals surface area (Å²) in [7, 11) is 3.67. The number of hydrogen-bond acceptors (Lipinski definition) is 5. The molecule has 3 radical (unpaired) electrons. The summed E-state index contributed by atoms with van der Waals surface area (Å²) < 4.78 is 6.07. The highest BCUT2D eigenvalue weighted by Gasteiger charge is 2.47. The number of benzene rings is 2. The van der Waals surface area contributed by atoms with Gasteiger partial charge in [-0.05, 0) is 80.6 Å². The van der Waals surface area contributed by atoms with Crippen LogP contribution >= 0.6 is 0 Å². The van der Waals surface area contributed by atoms with Crippen molar-refractivity contribution in [1.29, 1.82) is 0 Å². The lowest BCUT2D eigenvalue weighted by Crippen LogP contribution is -2.53. The monoisotopic (exact) mass is 469 g/mol. The van der Waals surface area contributed by atoms with Crippen molar-refractivity contribution in [3.05, 3.63) is 65.4 Å². The molecule has 0 spiro atoms. The second-order valence-corrected chi connectivity index (χ2v) is 10.4. The molecular weight excluding hydrogens is 440 g/mol. The molecule has 1 aromatic heterocycles. The Hall–Kier alpha value is -2.90. The molecule has 34 heavy (non-hydrogen) atoms. The Morgan fingerprint density at radius 2 is 2.09 bits per heavy atom. The van der Waals surface area contributed by atoms with Crippen LogP contribution in [0.3, 0.4) is 0 Å². The van der Waals surface area contributed by atoms with E-state index >= 15 is 0 Å². The molecule has 1 saturated carbocycles. The number of hydrogen-bond donors (Lipinski definition) is 2. The van der Waals surface area contributed by atoms with Crippen LogP contribution in [0, 0.1) is 6.92 Å². The van der Waals surface area contributed by atoms with E-state index in [1.165, 1.54) is 17.7 Å². The smallest absolute Gasteiger partial charge is 0.252 e. The maximum Gasteiger partial charge on any atom is 0.252 e. The van der Waals surface area contributed by atoms with Gasteiger partial charge in [0.05, 0.1) is 27.0 Å². The minimum absolute atomic E-state index is 0.0564. The Morgan fingerprint density at radius 3 is 2.76 bits per heavy atom. The molecule has 3 aliphatic rings. The molecule has 3 fully saturated rings. The molecule has 6 rings (SSSR count). The summed E-state index contributed by atoms with van der Waals surface area (Å²) in [6.45, 7) is 5.14. The maximum absolute atomic E-state index is 13.5. The van der Waals surface area contributed by atoms with Crippen LogP contribution in [0.4, 0.5) is 5.69 Å². The normalized spacial score (nSPS) is 21.4. The Balaban J connectivity index is 1.28. The number of aryl methyl sites for hydroxylation is 1. The summed E-state index contributed by atoms with van der Waals surface area (Å²) in [4.78, 5) is 20.6. The quantitative estimate of drug-likeness (QED) is 0.519. The Labute approximate surface area is 203 Å². The highest BCUT2D eigenvalue weighted by molar-refractivity contribution is 6.11. The Kier molecular flexibility index (Phi) is 5.34. The third-order valence-electron chi connectivity index (χ3n) is 7.49. The Bertz CT molecular complexity index is 1250. The third kappa shape index (κ3) is 3.86. The molecule has 0 bridgehead atoms. The van der Waals surface area contributed by atoms with Gasteiger partial charge in [-0.3, -0.25) is 9.78 Å². The molecule has 3 aromatic rings. The molecule has 7 heteroatoms. The highest BCUT2D eigenvalue weighted by Crippen LogP contribution is 2.49. The van der Waals surface area contributed by atoms with E-state index < -0.39 is 0 Å². The first-order chi connectivity index (χ1) is 16.5. The van der Waals surface area contributed by atoms with Gasteiger partial charge in [-0.15, -0.1) is 0 Å². The molecule has 6 nitrogen and oxygen atoms in total. The van der Waals surface area contributed by atoms with Crippen molar-refractivity contribution < 1.29 is 9.53 Å². The van der Waals surface area contributed by atoms with Crippen LogP contribution in [0.15, 0.2) is 48.7 Å². The van der Waals surface area contributed by atoms with Gasteiger partial charge in [0.25, 0.3) is 5.91 Å². The average molecular weight is 470 g/mol. The predicted molar refractivity (Wildman–Crippen MR) is 135 cm³/mol. The molecule has 1 amide bonds. The second-order valence-electron chi connectivity index (χ2n) is 9.80. The van der Waals surface area contributed by atoms with E-state index in [0.29, 0.717) is 17.4 Å². The van der Waals surface area contributed by atoms with Gasteiger partial charge in [-0.2, -0.15) is 0 Å². The van der Waals surface area contributed by atoms with E-state index in [4.69, 9.17) is 4.74 Å².